The SMILES string of the molecule is C=C/C(=C\C=C/C)C(=O)NC[C@H]1CCC[C@H]2[C@@H]3CC[C@@H]4C[C@@H](C)CC[C@@H]4[C@H]3CC[C@]12C. The largest absolute Gasteiger partial charge is 0.352 e. The van der Waals surface area contributed by atoms with E-state index < -0.39 is 0 Å². The Balaban J connectivity index is 1.43. The van der Waals surface area contributed by atoms with Gasteiger partial charge in [-0.3, -0.25) is 4.79 Å². The topological polar surface area (TPSA) is 29.1 Å². The highest BCUT2D eigenvalue weighted by molar-refractivity contribution is 5.96. The maximum absolute atomic E-state index is 12.7. The Labute approximate surface area is 191 Å². The molecule has 4 saturated carbocycles. The van der Waals surface area contributed by atoms with Crippen molar-refractivity contribution in [2.45, 2.75) is 85.0 Å². The molecule has 4 aliphatic carbocycles. The molecule has 172 valence electrons. The second-order valence-corrected chi connectivity index (χ2v) is 11.6. The highest BCUT2D eigenvalue weighted by atomic mass is 16.1. The van der Waals surface area contributed by atoms with Crippen molar-refractivity contribution < 1.29 is 4.79 Å². The molecule has 1 N–H and O–H groups in total. The number of carbonyl (C=O) groups is 1. The molecular formula is C29H45NO. The highest BCUT2D eigenvalue weighted by Gasteiger charge is 2.55. The summed E-state index contributed by atoms with van der Waals surface area (Å²) >= 11 is 0. The molecular weight excluding hydrogens is 378 g/mol. The molecule has 4 rings (SSSR count). The van der Waals surface area contributed by atoms with E-state index in [9.17, 15) is 4.79 Å². The van der Waals surface area contributed by atoms with Crippen LogP contribution in [-0.2, 0) is 4.79 Å². The Bertz CT molecular complexity index is 720. The van der Waals surface area contributed by atoms with Crippen LogP contribution in [0, 0.1) is 46.8 Å². The summed E-state index contributed by atoms with van der Waals surface area (Å²) in [5, 5.41) is 3.28. The third-order valence-corrected chi connectivity index (χ3v) is 10.1. The van der Waals surface area contributed by atoms with Gasteiger partial charge in [0.15, 0.2) is 0 Å². The summed E-state index contributed by atoms with van der Waals surface area (Å²) in [5.74, 6) is 6.47. The normalized spacial score (nSPS) is 42.9. The van der Waals surface area contributed by atoms with Crippen molar-refractivity contribution in [1.29, 1.82) is 0 Å². The summed E-state index contributed by atoms with van der Waals surface area (Å²) in [6.07, 6.45) is 21.7. The van der Waals surface area contributed by atoms with Crippen molar-refractivity contribution in [1.82, 2.24) is 5.32 Å². The van der Waals surface area contributed by atoms with E-state index in [1.165, 1.54) is 64.2 Å². The predicted molar refractivity (Wildman–Crippen MR) is 130 cm³/mol. The van der Waals surface area contributed by atoms with Crippen LogP contribution in [0.25, 0.3) is 0 Å². The second kappa shape index (κ2) is 9.67. The molecule has 8 atom stereocenters. The number of carbonyl (C=O) groups excluding carboxylic acids is 1. The molecule has 0 radical (unpaired) electrons. The minimum atomic E-state index is 0.0318. The first kappa shape index (κ1) is 22.9. The zero-order valence-corrected chi connectivity index (χ0v) is 20.2. The Kier molecular flexibility index (Phi) is 7.14. The fraction of sp³-hybridized carbons (Fsp3) is 0.759. The number of fused-ring (bicyclic) bond motifs is 5. The molecule has 0 saturated heterocycles. The average molecular weight is 424 g/mol. The van der Waals surface area contributed by atoms with Crippen LogP contribution in [-0.4, -0.2) is 12.5 Å². The van der Waals surface area contributed by atoms with E-state index in [0.717, 1.165) is 42.1 Å². The number of hydrogen-bond acceptors (Lipinski definition) is 1. The van der Waals surface area contributed by atoms with E-state index in [1.54, 1.807) is 6.08 Å². The Morgan fingerprint density at radius 1 is 1.06 bits per heavy atom. The lowest BCUT2D eigenvalue weighted by atomic mass is 9.45. The Morgan fingerprint density at radius 3 is 2.65 bits per heavy atom. The van der Waals surface area contributed by atoms with Gasteiger partial charge in [-0.1, -0.05) is 51.5 Å². The first-order valence-electron chi connectivity index (χ1n) is 13.2. The van der Waals surface area contributed by atoms with Gasteiger partial charge in [-0.05, 0) is 111 Å². The van der Waals surface area contributed by atoms with Crippen LogP contribution in [0.2, 0.25) is 0 Å². The minimum absolute atomic E-state index is 0.0318. The van der Waals surface area contributed by atoms with Crippen molar-refractivity contribution in [3.8, 4) is 0 Å². The molecule has 2 nitrogen and oxygen atoms in total. The zero-order valence-electron chi connectivity index (χ0n) is 20.2. The van der Waals surface area contributed by atoms with Crippen LogP contribution >= 0.6 is 0 Å². The van der Waals surface area contributed by atoms with Crippen LogP contribution in [0.5, 0.6) is 0 Å². The summed E-state index contributed by atoms with van der Waals surface area (Å²) < 4.78 is 0. The van der Waals surface area contributed by atoms with Gasteiger partial charge >= 0.3 is 0 Å². The number of amides is 1. The lowest BCUT2D eigenvalue weighted by Crippen LogP contribution is -2.54. The van der Waals surface area contributed by atoms with Gasteiger partial charge in [-0.2, -0.15) is 0 Å². The van der Waals surface area contributed by atoms with Gasteiger partial charge in [0.2, 0.25) is 0 Å². The van der Waals surface area contributed by atoms with E-state index in [0.29, 0.717) is 16.9 Å². The maximum Gasteiger partial charge on any atom is 0.251 e. The molecule has 0 unspecified atom stereocenters. The molecule has 4 fully saturated rings. The van der Waals surface area contributed by atoms with Crippen LogP contribution in [0.3, 0.4) is 0 Å². The fourth-order valence-electron chi connectivity index (χ4n) is 8.49. The molecule has 4 aliphatic rings. The number of rotatable bonds is 5. The first-order valence-corrected chi connectivity index (χ1v) is 13.2. The maximum atomic E-state index is 12.7. The van der Waals surface area contributed by atoms with Gasteiger partial charge < -0.3 is 5.32 Å². The van der Waals surface area contributed by atoms with Crippen molar-refractivity contribution in [2.24, 2.45) is 46.8 Å². The summed E-state index contributed by atoms with van der Waals surface area (Å²) in [5.41, 5.74) is 1.08. The Morgan fingerprint density at radius 2 is 1.87 bits per heavy atom. The van der Waals surface area contributed by atoms with Crippen molar-refractivity contribution in [3.05, 3.63) is 36.5 Å². The minimum Gasteiger partial charge on any atom is -0.352 e. The van der Waals surface area contributed by atoms with Crippen molar-refractivity contribution in [3.63, 3.8) is 0 Å². The molecule has 0 aliphatic heterocycles. The number of allylic oxidation sites excluding steroid dienone is 3. The van der Waals surface area contributed by atoms with E-state index in [-0.39, 0.29) is 5.91 Å². The quantitative estimate of drug-likeness (QED) is 0.371. The summed E-state index contributed by atoms with van der Waals surface area (Å²) in [6, 6.07) is 0. The second-order valence-electron chi connectivity index (χ2n) is 11.6. The van der Waals surface area contributed by atoms with Crippen LogP contribution in [0.15, 0.2) is 36.5 Å². The summed E-state index contributed by atoms with van der Waals surface area (Å²) in [7, 11) is 0. The number of nitrogens with one attached hydrogen (secondary N) is 1. The van der Waals surface area contributed by atoms with E-state index >= 15 is 0 Å². The molecule has 0 bridgehead atoms. The van der Waals surface area contributed by atoms with Crippen molar-refractivity contribution in [2.75, 3.05) is 6.54 Å². The van der Waals surface area contributed by atoms with Gasteiger partial charge in [0.05, 0.1) is 0 Å². The summed E-state index contributed by atoms with van der Waals surface area (Å²) in [6.45, 7) is 11.7. The van der Waals surface area contributed by atoms with Gasteiger partial charge in [0.1, 0.15) is 0 Å². The predicted octanol–water partition coefficient (Wildman–Crippen LogP) is 7.09. The first-order chi connectivity index (χ1) is 15.0. The molecule has 0 spiro atoms. The van der Waals surface area contributed by atoms with Crippen molar-refractivity contribution >= 4 is 5.91 Å². The van der Waals surface area contributed by atoms with Gasteiger partial charge in [-0.25, -0.2) is 0 Å². The van der Waals surface area contributed by atoms with Crippen LogP contribution in [0.1, 0.15) is 85.0 Å². The lowest BCUT2D eigenvalue weighted by Gasteiger charge is -2.60. The highest BCUT2D eigenvalue weighted by Crippen LogP contribution is 2.62. The summed E-state index contributed by atoms with van der Waals surface area (Å²) in [4.78, 5) is 12.7. The lowest BCUT2D eigenvalue weighted by molar-refractivity contribution is -0.121. The molecule has 0 aromatic rings. The van der Waals surface area contributed by atoms with Crippen LogP contribution in [0.4, 0.5) is 0 Å². The Hall–Kier alpha value is -1.31. The van der Waals surface area contributed by atoms with Crippen LogP contribution < -0.4 is 5.32 Å². The zero-order chi connectivity index (χ0) is 22.0. The standard InChI is InChI=1S/C29H45NO/c1-5-7-9-21(6-2)28(31)30-19-23-10-8-11-27-26-15-13-22-18-20(3)12-14-24(22)25(26)16-17-29(23,27)4/h5-7,9,20,22-27H,2,8,10-19H2,1,3-4H3,(H,30,31)/b7-5-,21-9+/t20-,22+,23+,24-,25+,26+,27-,29+/m0/s1. The molecule has 2 heteroatoms. The van der Waals surface area contributed by atoms with E-state index in [4.69, 9.17) is 0 Å². The number of hydrogen-bond donors (Lipinski definition) is 1. The van der Waals surface area contributed by atoms with Gasteiger partial charge in [0.25, 0.3) is 5.91 Å². The van der Waals surface area contributed by atoms with E-state index in [1.807, 2.05) is 25.2 Å². The molecule has 31 heavy (non-hydrogen) atoms. The fourth-order valence-corrected chi connectivity index (χ4v) is 8.49. The third kappa shape index (κ3) is 4.46. The molecule has 0 aromatic heterocycles. The molecule has 1 amide bonds. The molecule has 0 heterocycles. The third-order valence-electron chi connectivity index (χ3n) is 10.1. The van der Waals surface area contributed by atoms with Gasteiger partial charge in [0, 0.05) is 12.1 Å². The average Bonchev–Trinajstić information content (AvgIpc) is 2.77. The monoisotopic (exact) mass is 423 g/mol. The van der Waals surface area contributed by atoms with E-state index in [2.05, 4.69) is 25.7 Å². The van der Waals surface area contributed by atoms with Gasteiger partial charge in [-0.15, -0.1) is 0 Å². The smallest absolute Gasteiger partial charge is 0.251 e. The molecule has 0 aromatic carbocycles.